The molecule has 0 saturated carbocycles. The summed E-state index contributed by atoms with van der Waals surface area (Å²) < 4.78 is 42.7. The van der Waals surface area contributed by atoms with E-state index in [0.29, 0.717) is 11.3 Å². The van der Waals surface area contributed by atoms with Crippen molar-refractivity contribution in [1.82, 2.24) is 0 Å². The van der Waals surface area contributed by atoms with Crippen molar-refractivity contribution in [3.8, 4) is 0 Å². The maximum Gasteiger partial charge on any atom is 0.416 e. The number of ketones is 1. The van der Waals surface area contributed by atoms with Crippen molar-refractivity contribution in [2.45, 2.75) is 19.5 Å². The topological polar surface area (TPSA) is 72.5 Å². The lowest BCUT2D eigenvalue weighted by molar-refractivity contribution is -0.146. The SMILES string of the molecule is CC(=O)c1ccc(NC(=O)COC(=O)Cc2cccc(C(F)(F)F)c2)cc1. The van der Waals surface area contributed by atoms with Crippen molar-refractivity contribution in [2.75, 3.05) is 11.9 Å². The summed E-state index contributed by atoms with van der Waals surface area (Å²) in [4.78, 5) is 34.7. The highest BCUT2D eigenvalue weighted by molar-refractivity contribution is 5.96. The minimum atomic E-state index is -4.50. The highest BCUT2D eigenvalue weighted by atomic mass is 19.4. The molecule has 0 spiro atoms. The Kier molecular flexibility index (Phi) is 6.33. The van der Waals surface area contributed by atoms with Gasteiger partial charge in [0.05, 0.1) is 12.0 Å². The highest BCUT2D eigenvalue weighted by Gasteiger charge is 2.30. The number of halogens is 3. The Hall–Kier alpha value is -3.16. The lowest BCUT2D eigenvalue weighted by atomic mass is 10.1. The quantitative estimate of drug-likeness (QED) is 0.615. The summed E-state index contributed by atoms with van der Waals surface area (Å²) in [6.07, 6.45) is -4.89. The van der Waals surface area contributed by atoms with Crippen molar-refractivity contribution >= 4 is 23.3 Å². The molecule has 1 amide bonds. The van der Waals surface area contributed by atoms with Crippen LogP contribution in [0.5, 0.6) is 0 Å². The van der Waals surface area contributed by atoms with Crippen LogP contribution in [0, 0.1) is 0 Å². The number of hydrogen-bond acceptors (Lipinski definition) is 4. The molecule has 0 saturated heterocycles. The predicted octanol–water partition coefficient (Wildman–Crippen LogP) is 3.63. The zero-order valence-electron chi connectivity index (χ0n) is 14.3. The highest BCUT2D eigenvalue weighted by Crippen LogP contribution is 2.29. The summed E-state index contributed by atoms with van der Waals surface area (Å²) in [5, 5.41) is 2.48. The lowest BCUT2D eigenvalue weighted by Gasteiger charge is -2.09. The van der Waals surface area contributed by atoms with Crippen LogP contribution >= 0.6 is 0 Å². The third kappa shape index (κ3) is 6.25. The van der Waals surface area contributed by atoms with E-state index >= 15 is 0 Å². The Morgan fingerprint density at radius 2 is 1.70 bits per heavy atom. The number of amides is 1. The zero-order chi connectivity index (χ0) is 20.0. The molecular weight excluding hydrogens is 363 g/mol. The largest absolute Gasteiger partial charge is 0.455 e. The molecule has 0 aliphatic heterocycles. The van der Waals surface area contributed by atoms with Crippen LogP contribution in [0.1, 0.15) is 28.4 Å². The van der Waals surface area contributed by atoms with Gasteiger partial charge in [-0.25, -0.2) is 0 Å². The first kappa shape index (κ1) is 20.2. The normalized spacial score (nSPS) is 11.0. The van der Waals surface area contributed by atoms with Gasteiger partial charge in [-0.3, -0.25) is 14.4 Å². The molecule has 0 aliphatic rings. The van der Waals surface area contributed by atoms with Crippen LogP contribution in [0.3, 0.4) is 0 Å². The molecule has 0 bridgehead atoms. The Balaban J connectivity index is 1.84. The number of Topliss-reactive ketones (excluding diaryl/α,β-unsaturated/α-hetero) is 1. The Bertz CT molecular complexity index is 845. The number of esters is 1. The van der Waals surface area contributed by atoms with Gasteiger partial charge in [-0.1, -0.05) is 18.2 Å². The smallest absolute Gasteiger partial charge is 0.416 e. The second kappa shape index (κ2) is 8.48. The van der Waals surface area contributed by atoms with E-state index in [2.05, 4.69) is 5.32 Å². The predicted molar refractivity (Wildman–Crippen MR) is 91.2 cm³/mol. The molecule has 0 aromatic heterocycles. The number of rotatable bonds is 6. The van der Waals surface area contributed by atoms with Gasteiger partial charge < -0.3 is 10.1 Å². The number of ether oxygens (including phenoxy) is 1. The van der Waals surface area contributed by atoms with Crippen LogP contribution in [-0.2, 0) is 26.9 Å². The van der Waals surface area contributed by atoms with Gasteiger partial charge >= 0.3 is 12.1 Å². The van der Waals surface area contributed by atoms with E-state index in [4.69, 9.17) is 4.74 Å². The molecule has 2 aromatic carbocycles. The van der Waals surface area contributed by atoms with Crippen LogP contribution in [0.4, 0.5) is 18.9 Å². The first-order valence-electron chi connectivity index (χ1n) is 7.88. The molecule has 0 heterocycles. The number of carbonyl (C=O) groups is 3. The fraction of sp³-hybridized carbons (Fsp3) is 0.211. The first-order valence-corrected chi connectivity index (χ1v) is 7.88. The maximum absolute atomic E-state index is 12.6. The molecule has 2 rings (SSSR count). The van der Waals surface area contributed by atoms with Gasteiger partial charge in [-0.2, -0.15) is 13.2 Å². The van der Waals surface area contributed by atoms with Gasteiger partial charge in [-0.15, -0.1) is 0 Å². The van der Waals surface area contributed by atoms with Crippen LogP contribution in [0.15, 0.2) is 48.5 Å². The monoisotopic (exact) mass is 379 g/mol. The fourth-order valence-corrected chi connectivity index (χ4v) is 2.21. The number of hydrogen-bond donors (Lipinski definition) is 1. The molecule has 0 radical (unpaired) electrons. The van der Waals surface area contributed by atoms with Gasteiger partial charge in [0, 0.05) is 11.3 Å². The summed E-state index contributed by atoms with van der Waals surface area (Å²) in [6, 6.07) is 10.5. The summed E-state index contributed by atoms with van der Waals surface area (Å²) in [5.74, 6) is -1.55. The van der Waals surface area contributed by atoms with Crippen molar-refractivity contribution in [3.63, 3.8) is 0 Å². The summed E-state index contributed by atoms with van der Waals surface area (Å²) in [5.41, 5.74) is 0.175. The van der Waals surface area contributed by atoms with E-state index in [1.165, 1.54) is 43.3 Å². The van der Waals surface area contributed by atoms with E-state index in [1.54, 1.807) is 0 Å². The average Bonchev–Trinajstić information content (AvgIpc) is 2.60. The van der Waals surface area contributed by atoms with Crippen LogP contribution in [0.2, 0.25) is 0 Å². The van der Waals surface area contributed by atoms with E-state index in [9.17, 15) is 27.6 Å². The van der Waals surface area contributed by atoms with E-state index in [-0.39, 0.29) is 17.8 Å². The number of nitrogens with one attached hydrogen (secondary N) is 1. The molecule has 0 fully saturated rings. The summed E-state index contributed by atoms with van der Waals surface area (Å²) >= 11 is 0. The molecule has 0 atom stereocenters. The van der Waals surface area contributed by atoms with E-state index < -0.39 is 30.2 Å². The summed E-state index contributed by atoms with van der Waals surface area (Å²) in [6.45, 7) is 0.837. The van der Waals surface area contributed by atoms with Crippen molar-refractivity contribution in [1.29, 1.82) is 0 Å². The molecule has 5 nitrogen and oxygen atoms in total. The van der Waals surface area contributed by atoms with Gasteiger partial charge in [0.1, 0.15) is 0 Å². The first-order chi connectivity index (χ1) is 12.6. The Morgan fingerprint density at radius 1 is 1.04 bits per heavy atom. The second-order valence-corrected chi connectivity index (χ2v) is 5.72. The number of carbonyl (C=O) groups excluding carboxylic acids is 3. The summed E-state index contributed by atoms with van der Waals surface area (Å²) in [7, 11) is 0. The minimum absolute atomic E-state index is 0.114. The maximum atomic E-state index is 12.6. The molecule has 0 unspecified atom stereocenters. The molecule has 1 N–H and O–H groups in total. The standard InChI is InChI=1S/C19H16F3NO4/c1-12(24)14-5-7-16(8-6-14)23-17(25)11-27-18(26)10-13-3-2-4-15(9-13)19(20,21)22/h2-9H,10-11H2,1H3,(H,23,25). The van der Waals surface area contributed by atoms with Gasteiger partial charge in [0.25, 0.3) is 5.91 Å². The number of anilines is 1. The molecule has 8 heteroatoms. The van der Waals surface area contributed by atoms with Crippen LogP contribution in [0.25, 0.3) is 0 Å². The van der Waals surface area contributed by atoms with Crippen molar-refractivity contribution in [2.24, 2.45) is 0 Å². The Labute approximate surface area is 153 Å². The minimum Gasteiger partial charge on any atom is -0.455 e. The van der Waals surface area contributed by atoms with Crippen LogP contribution in [-0.4, -0.2) is 24.3 Å². The van der Waals surface area contributed by atoms with E-state index in [1.807, 2.05) is 0 Å². The molecular formula is C19H16F3NO4. The van der Waals surface area contributed by atoms with Gasteiger partial charge in [0.2, 0.25) is 0 Å². The third-order valence-corrected chi connectivity index (χ3v) is 3.54. The average molecular weight is 379 g/mol. The third-order valence-electron chi connectivity index (χ3n) is 3.54. The lowest BCUT2D eigenvalue weighted by Crippen LogP contribution is -2.21. The zero-order valence-corrected chi connectivity index (χ0v) is 14.3. The Morgan fingerprint density at radius 3 is 2.30 bits per heavy atom. The van der Waals surface area contributed by atoms with Crippen molar-refractivity contribution < 1.29 is 32.3 Å². The second-order valence-electron chi connectivity index (χ2n) is 5.72. The molecule has 142 valence electrons. The van der Waals surface area contributed by atoms with E-state index in [0.717, 1.165) is 12.1 Å². The number of benzene rings is 2. The fourth-order valence-electron chi connectivity index (χ4n) is 2.21. The molecule has 2 aromatic rings. The van der Waals surface area contributed by atoms with Crippen LogP contribution < -0.4 is 5.32 Å². The van der Waals surface area contributed by atoms with Gasteiger partial charge in [-0.05, 0) is 42.8 Å². The number of alkyl halides is 3. The molecule has 27 heavy (non-hydrogen) atoms. The van der Waals surface area contributed by atoms with Gasteiger partial charge in [0.15, 0.2) is 12.4 Å². The molecule has 0 aliphatic carbocycles. The van der Waals surface area contributed by atoms with Crippen molar-refractivity contribution in [3.05, 3.63) is 65.2 Å².